The molecule has 122 valence electrons. The lowest BCUT2D eigenvalue weighted by Crippen LogP contribution is -2.43. The lowest BCUT2D eigenvalue weighted by atomic mass is 9.98. The lowest BCUT2D eigenvalue weighted by molar-refractivity contribution is 0.0608. The van der Waals surface area contributed by atoms with Gasteiger partial charge in [0.1, 0.15) is 0 Å². The molecule has 1 aliphatic heterocycles. The van der Waals surface area contributed by atoms with Crippen LogP contribution in [0, 0.1) is 0 Å². The minimum atomic E-state index is 0.209. The number of rotatable bonds is 6. The Morgan fingerprint density at radius 2 is 1.82 bits per heavy atom. The predicted molar refractivity (Wildman–Crippen MR) is 92.0 cm³/mol. The predicted octanol–water partition coefficient (Wildman–Crippen LogP) is 3.93. The molecule has 0 aliphatic carbocycles. The Morgan fingerprint density at radius 1 is 1.14 bits per heavy atom. The van der Waals surface area contributed by atoms with E-state index in [4.69, 9.17) is 0 Å². The zero-order valence-corrected chi connectivity index (χ0v) is 14.3. The van der Waals surface area contributed by atoms with Gasteiger partial charge in [0.05, 0.1) is 0 Å². The highest BCUT2D eigenvalue weighted by Crippen LogP contribution is 2.22. The number of amides is 1. The molecule has 1 atom stereocenters. The molecule has 1 fully saturated rings. The van der Waals surface area contributed by atoms with Crippen LogP contribution < -0.4 is 0 Å². The van der Waals surface area contributed by atoms with Gasteiger partial charge in [0.2, 0.25) is 0 Å². The lowest BCUT2D eigenvalue weighted by Gasteiger charge is -2.35. The van der Waals surface area contributed by atoms with Crippen molar-refractivity contribution in [3.8, 4) is 0 Å². The van der Waals surface area contributed by atoms with Crippen LogP contribution in [0.1, 0.15) is 62.4 Å². The summed E-state index contributed by atoms with van der Waals surface area (Å²) >= 11 is 0. The van der Waals surface area contributed by atoms with Gasteiger partial charge in [-0.1, -0.05) is 32.9 Å². The van der Waals surface area contributed by atoms with Gasteiger partial charge in [0.25, 0.3) is 5.91 Å². The topological polar surface area (TPSA) is 23.6 Å². The quantitative estimate of drug-likeness (QED) is 0.795. The summed E-state index contributed by atoms with van der Waals surface area (Å²) in [4.78, 5) is 17.2. The van der Waals surface area contributed by atoms with E-state index in [0.29, 0.717) is 6.04 Å². The van der Waals surface area contributed by atoms with Gasteiger partial charge in [0.15, 0.2) is 0 Å². The van der Waals surface area contributed by atoms with Crippen LogP contribution in [0.25, 0.3) is 0 Å². The molecule has 1 unspecified atom stereocenters. The van der Waals surface area contributed by atoms with Crippen LogP contribution >= 0.6 is 0 Å². The second-order valence-corrected chi connectivity index (χ2v) is 6.21. The smallest absolute Gasteiger partial charge is 0.254 e. The van der Waals surface area contributed by atoms with E-state index in [9.17, 15) is 4.79 Å². The molecule has 1 aromatic rings. The van der Waals surface area contributed by atoms with Crippen LogP contribution in [0.3, 0.4) is 0 Å². The van der Waals surface area contributed by atoms with E-state index in [1.54, 1.807) is 0 Å². The van der Waals surface area contributed by atoms with Crippen molar-refractivity contribution in [1.82, 2.24) is 9.80 Å². The standard InChI is InChI=1S/C19H30N2O/c1-4-18-9-7-8-14-21(18)19(22)17-12-10-16(11-13-17)15-20(5-2)6-3/h10-13,18H,4-9,14-15H2,1-3H3. The normalized spacial score (nSPS) is 18.7. The van der Waals surface area contributed by atoms with Crippen LogP contribution in [0.15, 0.2) is 24.3 Å². The monoisotopic (exact) mass is 302 g/mol. The highest BCUT2D eigenvalue weighted by atomic mass is 16.2. The molecular weight excluding hydrogens is 272 g/mol. The zero-order valence-electron chi connectivity index (χ0n) is 14.3. The van der Waals surface area contributed by atoms with Crippen molar-refractivity contribution in [1.29, 1.82) is 0 Å². The van der Waals surface area contributed by atoms with Crippen molar-refractivity contribution >= 4 is 5.91 Å². The average molecular weight is 302 g/mol. The van der Waals surface area contributed by atoms with Crippen molar-refractivity contribution in [3.05, 3.63) is 35.4 Å². The van der Waals surface area contributed by atoms with Crippen molar-refractivity contribution < 1.29 is 4.79 Å². The summed E-state index contributed by atoms with van der Waals surface area (Å²) in [6, 6.07) is 8.65. The Bertz CT molecular complexity index is 465. The number of hydrogen-bond donors (Lipinski definition) is 0. The summed E-state index contributed by atoms with van der Waals surface area (Å²) in [7, 11) is 0. The second kappa shape index (κ2) is 8.33. The Labute approximate surface area is 135 Å². The molecule has 22 heavy (non-hydrogen) atoms. The van der Waals surface area contributed by atoms with Crippen molar-refractivity contribution in [2.24, 2.45) is 0 Å². The van der Waals surface area contributed by atoms with Crippen molar-refractivity contribution in [2.45, 2.75) is 59.0 Å². The van der Waals surface area contributed by atoms with E-state index in [0.717, 1.165) is 51.0 Å². The first-order valence-corrected chi connectivity index (χ1v) is 8.81. The fourth-order valence-electron chi connectivity index (χ4n) is 3.32. The molecule has 1 saturated heterocycles. The summed E-state index contributed by atoms with van der Waals surface area (Å²) in [5.74, 6) is 0.209. The van der Waals surface area contributed by atoms with Gasteiger partial charge in [-0.2, -0.15) is 0 Å². The van der Waals surface area contributed by atoms with E-state index in [2.05, 4.69) is 42.7 Å². The Hall–Kier alpha value is -1.35. The zero-order chi connectivity index (χ0) is 15.9. The number of benzene rings is 1. The molecule has 1 aliphatic rings. The summed E-state index contributed by atoms with van der Waals surface area (Å²) in [6.07, 6.45) is 4.61. The van der Waals surface area contributed by atoms with E-state index in [1.165, 1.54) is 12.0 Å². The fourth-order valence-corrected chi connectivity index (χ4v) is 3.32. The Kier molecular flexibility index (Phi) is 6.44. The first-order valence-electron chi connectivity index (χ1n) is 8.81. The maximum atomic E-state index is 12.7. The molecule has 1 amide bonds. The van der Waals surface area contributed by atoms with Crippen molar-refractivity contribution in [3.63, 3.8) is 0 Å². The molecule has 0 N–H and O–H groups in total. The minimum Gasteiger partial charge on any atom is -0.336 e. The molecule has 0 aromatic heterocycles. The maximum absolute atomic E-state index is 12.7. The third kappa shape index (κ3) is 4.10. The number of carbonyl (C=O) groups is 1. The van der Waals surface area contributed by atoms with Crippen LogP contribution in [-0.4, -0.2) is 41.4 Å². The number of nitrogens with zero attached hydrogens (tertiary/aromatic N) is 2. The minimum absolute atomic E-state index is 0.209. The summed E-state index contributed by atoms with van der Waals surface area (Å²) in [5, 5.41) is 0. The average Bonchev–Trinajstić information content (AvgIpc) is 2.59. The number of hydrogen-bond acceptors (Lipinski definition) is 2. The molecule has 1 aromatic carbocycles. The SMILES string of the molecule is CCC1CCCCN1C(=O)c1ccc(CN(CC)CC)cc1. The molecule has 1 heterocycles. The van der Waals surface area contributed by atoms with Crippen LogP contribution in [0.4, 0.5) is 0 Å². The third-order valence-corrected chi connectivity index (χ3v) is 4.86. The van der Waals surface area contributed by atoms with Gasteiger partial charge in [-0.15, -0.1) is 0 Å². The molecule has 0 spiro atoms. The van der Waals surface area contributed by atoms with Crippen molar-refractivity contribution in [2.75, 3.05) is 19.6 Å². The van der Waals surface area contributed by atoms with Gasteiger partial charge < -0.3 is 4.90 Å². The van der Waals surface area contributed by atoms with Crippen LogP contribution in [0.5, 0.6) is 0 Å². The van der Waals surface area contributed by atoms with Gasteiger partial charge in [-0.25, -0.2) is 0 Å². The highest BCUT2D eigenvalue weighted by Gasteiger charge is 2.25. The van der Waals surface area contributed by atoms with Crippen LogP contribution in [-0.2, 0) is 6.54 Å². The number of likely N-dealkylation sites (tertiary alicyclic amines) is 1. The molecule has 2 rings (SSSR count). The van der Waals surface area contributed by atoms with E-state index in [-0.39, 0.29) is 5.91 Å². The molecule has 0 saturated carbocycles. The Balaban J connectivity index is 2.04. The van der Waals surface area contributed by atoms with Gasteiger partial charge in [-0.3, -0.25) is 9.69 Å². The highest BCUT2D eigenvalue weighted by molar-refractivity contribution is 5.94. The number of carbonyl (C=O) groups excluding carboxylic acids is 1. The molecule has 3 nitrogen and oxygen atoms in total. The van der Waals surface area contributed by atoms with Gasteiger partial charge >= 0.3 is 0 Å². The van der Waals surface area contributed by atoms with E-state index >= 15 is 0 Å². The van der Waals surface area contributed by atoms with E-state index in [1.807, 2.05) is 12.1 Å². The summed E-state index contributed by atoms with van der Waals surface area (Å²) < 4.78 is 0. The Morgan fingerprint density at radius 3 is 2.41 bits per heavy atom. The number of piperidine rings is 1. The fraction of sp³-hybridized carbons (Fsp3) is 0.632. The van der Waals surface area contributed by atoms with Crippen LogP contribution in [0.2, 0.25) is 0 Å². The first kappa shape index (κ1) is 17.0. The van der Waals surface area contributed by atoms with Gasteiger partial charge in [0, 0.05) is 24.7 Å². The maximum Gasteiger partial charge on any atom is 0.254 e. The summed E-state index contributed by atoms with van der Waals surface area (Å²) in [5.41, 5.74) is 2.12. The molecule has 0 radical (unpaired) electrons. The van der Waals surface area contributed by atoms with E-state index < -0.39 is 0 Å². The second-order valence-electron chi connectivity index (χ2n) is 6.21. The largest absolute Gasteiger partial charge is 0.336 e. The van der Waals surface area contributed by atoms with Gasteiger partial charge in [-0.05, 0) is 56.5 Å². The first-order chi connectivity index (χ1) is 10.7. The summed E-state index contributed by atoms with van der Waals surface area (Å²) in [6.45, 7) is 10.5. The molecular formula is C19H30N2O. The third-order valence-electron chi connectivity index (χ3n) is 4.86. The molecule has 0 bridgehead atoms. The molecule has 3 heteroatoms.